The average Bonchev–Trinajstić information content (AvgIpc) is 2.90. The Morgan fingerprint density at radius 1 is 1.42 bits per heavy atom. The molecule has 0 aliphatic carbocycles. The molecule has 136 valence electrons. The highest BCUT2D eigenvalue weighted by Gasteiger charge is 2.22. The van der Waals surface area contributed by atoms with Crippen molar-refractivity contribution in [2.75, 3.05) is 18.5 Å². The van der Waals surface area contributed by atoms with E-state index in [0.717, 1.165) is 14.5 Å². The molecule has 7 nitrogen and oxygen atoms in total. The van der Waals surface area contributed by atoms with Crippen LogP contribution in [0, 0.1) is 3.57 Å². The summed E-state index contributed by atoms with van der Waals surface area (Å²) < 4.78 is 2.76. The first-order valence-electron chi connectivity index (χ1n) is 7.70. The highest BCUT2D eigenvalue weighted by atomic mass is 127. The lowest BCUT2D eigenvalue weighted by molar-refractivity contribution is 0.0163. The van der Waals surface area contributed by atoms with Crippen molar-refractivity contribution in [3.63, 3.8) is 0 Å². The minimum atomic E-state index is -0.443. The van der Waals surface area contributed by atoms with Crippen molar-refractivity contribution in [3.05, 3.63) is 50.9 Å². The molecule has 0 fully saturated rings. The number of aryl methyl sites for hydroxylation is 1. The topological polar surface area (TPSA) is 88.4 Å². The van der Waals surface area contributed by atoms with Gasteiger partial charge in [0.25, 0.3) is 5.91 Å². The van der Waals surface area contributed by atoms with Crippen LogP contribution >= 0.6 is 34.2 Å². The molecule has 9 heteroatoms. The van der Waals surface area contributed by atoms with E-state index in [9.17, 15) is 4.79 Å². The molecule has 0 aliphatic heterocycles. The maximum atomic E-state index is 12.6. The Bertz CT molecular complexity index is 961. The van der Waals surface area contributed by atoms with Gasteiger partial charge in [-0.25, -0.2) is 5.48 Å². The largest absolute Gasteiger partial charge is 0.394 e. The van der Waals surface area contributed by atoms with Gasteiger partial charge < -0.3 is 15.0 Å². The number of amides is 1. The van der Waals surface area contributed by atoms with E-state index in [1.54, 1.807) is 24.0 Å². The zero-order valence-electron chi connectivity index (χ0n) is 13.8. The second kappa shape index (κ2) is 8.21. The van der Waals surface area contributed by atoms with E-state index >= 15 is 0 Å². The molecule has 0 unspecified atom stereocenters. The molecule has 0 radical (unpaired) electrons. The third-order valence-corrected chi connectivity index (χ3v) is 4.75. The predicted molar refractivity (Wildman–Crippen MR) is 109 cm³/mol. The lowest BCUT2D eigenvalue weighted by Crippen LogP contribution is -2.27. The molecule has 3 aromatic rings. The van der Waals surface area contributed by atoms with Gasteiger partial charge in [0.1, 0.15) is 5.69 Å². The number of benzene rings is 1. The van der Waals surface area contributed by atoms with E-state index in [-0.39, 0.29) is 13.2 Å². The van der Waals surface area contributed by atoms with Crippen LogP contribution in [0.1, 0.15) is 10.5 Å². The van der Waals surface area contributed by atoms with Gasteiger partial charge in [0, 0.05) is 28.4 Å². The molecule has 2 heterocycles. The number of carbonyl (C=O) groups excluding carboxylic acids is 1. The normalized spacial score (nSPS) is 10.9. The molecule has 1 aromatic carbocycles. The van der Waals surface area contributed by atoms with Crippen LogP contribution in [0.5, 0.6) is 0 Å². The van der Waals surface area contributed by atoms with Crippen molar-refractivity contribution in [2.24, 2.45) is 7.05 Å². The molecule has 0 atom stereocenters. The summed E-state index contributed by atoms with van der Waals surface area (Å²) in [6, 6.07) is 7.42. The summed E-state index contributed by atoms with van der Waals surface area (Å²) >= 11 is 8.51. The van der Waals surface area contributed by atoms with E-state index in [0.29, 0.717) is 22.1 Å². The van der Waals surface area contributed by atoms with Gasteiger partial charge in [-0.15, -0.1) is 0 Å². The van der Waals surface area contributed by atoms with Crippen molar-refractivity contribution < 1.29 is 14.7 Å². The zero-order valence-corrected chi connectivity index (χ0v) is 16.7. The number of rotatable bonds is 6. The molecule has 0 bridgehead atoms. The summed E-state index contributed by atoms with van der Waals surface area (Å²) in [4.78, 5) is 21.7. The second-order valence-corrected chi connectivity index (χ2v) is 7.08. The summed E-state index contributed by atoms with van der Waals surface area (Å²) in [5.74, 6) is -0.443. The molecule has 0 aliphatic rings. The first-order valence-corrected chi connectivity index (χ1v) is 9.16. The van der Waals surface area contributed by atoms with Crippen LogP contribution < -0.4 is 10.8 Å². The second-order valence-electron chi connectivity index (χ2n) is 5.43. The fraction of sp³-hybridized carbons (Fsp3) is 0.176. The van der Waals surface area contributed by atoms with Crippen LogP contribution in [0.15, 0.2) is 36.7 Å². The number of aliphatic hydroxyl groups excluding tert-OH is 1. The molecule has 3 N–H and O–H groups in total. The molecule has 0 saturated heterocycles. The number of aromatic nitrogens is 2. The number of hydrogen-bond acceptors (Lipinski definition) is 5. The quantitative estimate of drug-likeness (QED) is 0.283. The maximum Gasteiger partial charge on any atom is 0.293 e. The van der Waals surface area contributed by atoms with E-state index in [1.807, 2.05) is 24.3 Å². The molecule has 2 aromatic heterocycles. The number of carbonyl (C=O) groups is 1. The Labute approximate surface area is 168 Å². The van der Waals surface area contributed by atoms with Gasteiger partial charge in [0.15, 0.2) is 0 Å². The first-order chi connectivity index (χ1) is 12.5. The summed E-state index contributed by atoms with van der Waals surface area (Å²) in [5.41, 5.74) is 4.78. The standard InChI is InChI=1S/C17H16ClIN4O3/c1-23-14-4-5-20-9-11(14)15(16(23)17(25)22-26-7-6-24)21-13-3-2-10(19)8-12(13)18/h2-5,8-9,21,24H,6-7H2,1H3,(H,22,25). The van der Waals surface area contributed by atoms with Gasteiger partial charge in [-0.1, -0.05) is 11.6 Å². The van der Waals surface area contributed by atoms with Crippen molar-refractivity contribution in [1.82, 2.24) is 15.0 Å². The lowest BCUT2D eigenvalue weighted by atomic mass is 10.2. The Kier molecular flexibility index (Phi) is 5.97. The number of hydroxylamine groups is 1. The van der Waals surface area contributed by atoms with E-state index in [4.69, 9.17) is 21.5 Å². The number of pyridine rings is 1. The number of aliphatic hydroxyl groups is 1. The van der Waals surface area contributed by atoms with Crippen molar-refractivity contribution >= 4 is 62.4 Å². The highest BCUT2D eigenvalue weighted by Crippen LogP contribution is 2.35. The monoisotopic (exact) mass is 486 g/mol. The minimum absolute atomic E-state index is 0.00293. The lowest BCUT2D eigenvalue weighted by Gasteiger charge is -2.12. The van der Waals surface area contributed by atoms with Gasteiger partial charge in [-0.05, 0) is 46.9 Å². The van der Waals surface area contributed by atoms with Crippen molar-refractivity contribution in [1.29, 1.82) is 0 Å². The van der Waals surface area contributed by atoms with Crippen LogP contribution in [-0.2, 0) is 11.9 Å². The number of fused-ring (bicyclic) bond motifs is 1. The molecule has 26 heavy (non-hydrogen) atoms. The van der Waals surface area contributed by atoms with Gasteiger partial charge in [-0.3, -0.25) is 14.6 Å². The smallest absolute Gasteiger partial charge is 0.293 e. The number of halogens is 2. The van der Waals surface area contributed by atoms with Gasteiger partial charge in [0.2, 0.25) is 0 Å². The third-order valence-electron chi connectivity index (χ3n) is 3.77. The van der Waals surface area contributed by atoms with Gasteiger partial charge >= 0.3 is 0 Å². The molecular formula is C17H16ClIN4O3. The van der Waals surface area contributed by atoms with Crippen LogP contribution in [-0.4, -0.2) is 33.8 Å². The Morgan fingerprint density at radius 3 is 2.96 bits per heavy atom. The molecule has 0 saturated carbocycles. The van der Waals surface area contributed by atoms with Crippen LogP contribution in [0.25, 0.3) is 10.9 Å². The molecule has 3 rings (SSSR count). The fourth-order valence-corrected chi connectivity index (χ4v) is 3.52. The van der Waals surface area contributed by atoms with E-state index < -0.39 is 5.91 Å². The van der Waals surface area contributed by atoms with Gasteiger partial charge in [0.05, 0.1) is 35.1 Å². The van der Waals surface area contributed by atoms with Crippen LogP contribution in [0.4, 0.5) is 11.4 Å². The maximum absolute atomic E-state index is 12.6. The zero-order chi connectivity index (χ0) is 18.7. The fourth-order valence-electron chi connectivity index (χ4n) is 2.62. The van der Waals surface area contributed by atoms with Crippen LogP contribution in [0.3, 0.4) is 0 Å². The SMILES string of the molecule is Cn1c(C(=O)NOCCO)c(Nc2ccc(I)cc2Cl)c2cnccc21. The summed E-state index contributed by atoms with van der Waals surface area (Å²) in [6.45, 7) is -0.189. The molecular weight excluding hydrogens is 471 g/mol. The first kappa shape index (κ1) is 18.9. The third kappa shape index (κ3) is 3.78. The summed E-state index contributed by atoms with van der Waals surface area (Å²) in [5, 5.41) is 13.4. The Balaban J connectivity index is 2.07. The Morgan fingerprint density at radius 2 is 2.23 bits per heavy atom. The van der Waals surface area contributed by atoms with Crippen molar-refractivity contribution in [3.8, 4) is 0 Å². The van der Waals surface area contributed by atoms with Gasteiger partial charge in [-0.2, -0.15) is 0 Å². The molecule has 1 amide bonds. The summed E-state index contributed by atoms with van der Waals surface area (Å²) in [6.07, 6.45) is 3.34. The highest BCUT2D eigenvalue weighted by molar-refractivity contribution is 14.1. The minimum Gasteiger partial charge on any atom is -0.394 e. The average molecular weight is 487 g/mol. The number of nitrogens with one attached hydrogen (secondary N) is 2. The molecule has 0 spiro atoms. The van der Waals surface area contributed by atoms with Crippen molar-refractivity contribution in [2.45, 2.75) is 0 Å². The van der Waals surface area contributed by atoms with E-state index in [2.05, 4.69) is 38.4 Å². The Hall–Kier alpha value is -1.88. The van der Waals surface area contributed by atoms with E-state index in [1.165, 1.54) is 0 Å². The number of anilines is 2. The predicted octanol–water partition coefficient (Wildman–Crippen LogP) is 3.23. The summed E-state index contributed by atoms with van der Waals surface area (Å²) in [7, 11) is 1.78. The van der Waals surface area contributed by atoms with Crippen LogP contribution in [0.2, 0.25) is 5.02 Å². The number of hydrogen-bond donors (Lipinski definition) is 3. The number of nitrogens with zero attached hydrogens (tertiary/aromatic N) is 2.